The van der Waals surface area contributed by atoms with Gasteiger partial charge in [-0.1, -0.05) is 19.9 Å². The molecule has 0 aliphatic heterocycles. The molecule has 0 unspecified atom stereocenters. The van der Waals surface area contributed by atoms with E-state index in [4.69, 9.17) is 5.73 Å². The number of hydrogen-bond donors (Lipinski definition) is 2. The molecule has 0 saturated carbocycles. The first-order valence-electron chi connectivity index (χ1n) is 6.64. The molecule has 0 saturated heterocycles. The van der Waals surface area contributed by atoms with Gasteiger partial charge in [-0.15, -0.1) is 0 Å². The van der Waals surface area contributed by atoms with Gasteiger partial charge in [0.05, 0.1) is 0 Å². The molecule has 0 aliphatic carbocycles. The summed E-state index contributed by atoms with van der Waals surface area (Å²) in [7, 11) is 0. The number of benzene rings is 1. The Morgan fingerprint density at radius 3 is 2.84 bits per heavy atom. The first-order valence-corrected chi connectivity index (χ1v) is 6.64. The number of nitrogens with zero attached hydrogens (tertiary/aromatic N) is 1. The van der Waals surface area contributed by atoms with Crippen molar-refractivity contribution >= 4 is 16.8 Å². The highest BCUT2D eigenvalue weighted by Crippen LogP contribution is 2.17. The van der Waals surface area contributed by atoms with E-state index in [1.807, 2.05) is 29.0 Å². The molecule has 1 heterocycles. The quantitative estimate of drug-likeness (QED) is 0.861. The van der Waals surface area contributed by atoms with Gasteiger partial charge >= 0.3 is 0 Å². The van der Waals surface area contributed by atoms with Crippen LogP contribution in [0, 0.1) is 5.92 Å². The van der Waals surface area contributed by atoms with Gasteiger partial charge in [-0.25, -0.2) is 0 Å². The molecule has 0 spiro atoms. The van der Waals surface area contributed by atoms with E-state index in [-0.39, 0.29) is 5.91 Å². The molecule has 2 aromatic rings. The molecule has 0 aliphatic rings. The third-order valence-electron chi connectivity index (χ3n) is 3.09. The van der Waals surface area contributed by atoms with E-state index >= 15 is 0 Å². The molecule has 4 nitrogen and oxygen atoms in total. The monoisotopic (exact) mass is 259 g/mol. The van der Waals surface area contributed by atoms with Crippen LogP contribution in [-0.4, -0.2) is 17.0 Å². The van der Waals surface area contributed by atoms with Gasteiger partial charge in [0.25, 0.3) is 0 Å². The average Bonchev–Trinajstić information content (AvgIpc) is 2.78. The molecular formula is C15H21N3O. The highest BCUT2D eigenvalue weighted by atomic mass is 16.1. The molecular weight excluding hydrogens is 238 g/mol. The summed E-state index contributed by atoms with van der Waals surface area (Å²) in [6.45, 7) is 5.78. The molecule has 0 bridgehead atoms. The van der Waals surface area contributed by atoms with Gasteiger partial charge in [-0.2, -0.15) is 0 Å². The van der Waals surface area contributed by atoms with E-state index in [1.165, 1.54) is 0 Å². The van der Waals surface area contributed by atoms with E-state index < -0.39 is 0 Å². The van der Waals surface area contributed by atoms with Crippen LogP contribution in [-0.2, 0) is 17.9 Å². The molecule has 2 rings (SSSR count). The summed E-state index contributed by atoms with van der Waals surface area (Å²) in [5.41, 5.74) is 7.80. The maximum absolute atomic E-state index is 11.8. The number of carbonyl (C=O) groups excluding carboxylic acids is 1. The first-order chi connectivity index (χ1) is 9.10. The first kappa shape index (κ1) is 13.6. The van der Waals surface area contributed by atoms with Crippen molar-refractivity contribution in [3.05, 3.63) is 36.0 Å². The number of nitrogens with one attached hydrogen (secondary N) is 1. The van der Waals surface area contributed by atoms with Crippen molar-refractivity contribution in [2.45, 2.75) is 26.9 Å². The third kappa shape index (κ3) is 3.35. The Labute approximate surface area is 113 Å². The Morgan fingerprint density at radius 1 is 1.37 bits per heavy atom. The summed E-state index contributed by atoms with van der Waals surface area (Å²) >= 11 is 0. The highest BCUT2D eigenvalue weighted by Gasteiger charge is 2.07. The topological polar surface area (TPSA) is 60.0 Å². The van der Waals surface area contributed by atoms with Crippen molar-refractivity contribution in [1.29, 1.82) is 0 Å². The summed E-state index contributed by atoms with van der Waals surface area (Å²) in [6, 6.07) is 8.11. The molecule has 3 N–H and O–H groups in total. The second kappa shape index (κ2) is 5.89. The van der Waals surface area contributed by atoms with E-state index in [9.17, 15) is 4.79 Å². The molecule has 4 heteroatoms. The lowest BCUT2D eigenvalue weighted by atomic mass is 10.1. The number of nitrogens with two attached hydrogens (primary N) is 1. The van der Waals surface area contributed by atoms with E-state index in [1.54, 1.807) is 0 Å². The average molecular weight is 259 g/mol. The summed E-state index contributed by atoms with van der Waals surface area (Å²) in [5, 5.41) is 4.05. The largest absolute Gasteiger partial charge is 0.354 e. The van der Waals surface area contributed by atoms with Crippen LogP contribution in [0.4, 0.5) is 0 Å². The number of carbonyl (C=O) groups is 1. The van der Waals surface area contributed by atoms with Crippen LogP contribution in [0.15, 0.2) is 30.5 Å². The summed E-state index contributed by atoms with van der Waals surface area (Å²) in [4.78, 5) is 11.8. The van der Waals surface area contributed by atoms with E-state index in [2.05, 4.69) is 25.2 Å². The Kier molecular flexibility index (Phi) is 4.22. The zero-order valence-electron chi connectivity index (χ0n) is 11.5. The van der Waals surface area contributed by atoms with Crippen LogP contribution in [0.3, 0.4) is 0 Å². The fourth-order valence-corrected chi connectivity index (χ4v) is 2.04. The minimum atomic E-state index is 0.0501. The molecule has 1 aromatic heterocycles. The molecule has 102 valence electrons. The van der Waals surface area contributed by atoms with Crippen molar-refractivity contribution in [3.8, 4) is 0 Å². The predicted octanol–water partition coefficient (Wildman–Crippen LogP) is 1.87. The molecule has 0 atom stereocenters. The Balaban J connectivity index is 2.11. The lowest BCUT2D eigenvalue weighted by Gasteiger charge is -2.09. The van der Waals surface area contributed by atoms with Crippen LogP contribution >= 0.6 is 0 Å². The Bertz CT molecular complexity index is 572. The van der Waals surface area contributed by atoms with Gasteiger partial charge in [0, 0.05) is 24.8 Å². The predicted molar refractivity (Wildman–Crippen MR) is 77.7 cm³/mol. The van der Waals surface area contributed by atoms with Crippen molar-refractivity contribution < 1.29 is 4.79 Å². The molecule has 0 radical (unpaired) electrons. The van der Waals surface area contributed by atoms with Gasteiger partial charge < -0.3 is 15.6 Å². The fourth-order valence-electron chi connectivity index (χ4n) is 2.04. The second-order valence-electron chi connectivity index (χ2n) is 5.24. The zero-order valence-corrected chi connectivity index (χ0v) is 11.5. The van der Waals surface area contributed by atoms with E-state index in [0.29, 0.717) is 19.0 Å². The number of rotatable bonds is 5. The van der Waals surface area contributed by atoms with Gasteiger partial charge in [0.15, 0.2) is 0 Å². The Morgan fingerprint density at radius 2 is 2.16 bits per heavy atom. The molecule has 1 amide bonds. The van der Waals surface area contributed by atoms with Crippen LogP contribution < -0.4 is 11.1 Å². The second-order valence-corrected chi connectivity index (χ2v) is 5.24. The maximum atomic E-state index is 11.8. The van der Waals surface area contributed by atoms with Crippen molar-refractivity contribution in [2.24, 2.45) is 11.7 Å². The lowest BCUT2D eigenvalue weighted by Crippen LogP contribution is -2.30. The summed E-state index contributed by atoms with van der Waals surface area (Å²) < 4.78 is 1.96. The standard InChI is InChI=1S/C15H21N3O/c1-11(2)9-17-15(19)10-18-6-5-13-7-12(8-16)3-4-14(13)18/h3-7,11H,8-10,16H2,1-2H3,(H,17,19). The van der Waals surface area contributed by atoms with Gasteiger partial charge in [-0.3, -0.25) is 4.79 Å². The zero-order chi connectivity index (χ0) is 13.8. The number of fused-ring (bicyclic) bond motifs is 1. The molecule has 19 heavy (non-hydrogen) atoms. The number of amides is 1. The van der Waals surface area contributed by atoms with Crippen LogP contribution in [0.1, 0.15) is 19.4 Å². The minimum Gasteiger partial charge on any atom is -0.354 e. The molecule has 0 fully saturated rings. The van der Waals surface area contributed by atoms with Crippen LogP contribution in [0.2, 0.25) is 0 Å². The van der Waals surface area contributed by atoms with Gasteiger partial charge in [0.1, 0.15) is 6.54 Å². The third-order valence-corrected chi connectivity index (χ3v) is 3.09. The highest BCUT2D eigenvalue weighted by molar-refractivity contribution is 5.83. The summed E-state index contributed by atoms with van der Waals surface area (Å²) in [5.74, 6) is 0.520. The van der Waals surface area contributed by atoms with Crippen LogP contribution in [0.5, 0.6) is 0 Å². The van der Waals surface area contributed by atoms with Crippen molar-refractivity contribution in [3.63, 3.8) is 0 Å². The van der Waals surface area contributed by atoms with Crippen molar-refractivity contribution in [1.82, 2.24) is 9.88 Å². The van der Waals surface area contributed by atoms with Gasteiger partial charge in [0.2, 0.25) is 5.91 Å². The summed E-state index contributed by atoms with van der Waals surface area (Å²) in [6.07, 6.45) is 1.94. The minimum absolute atomic E-state index is 0.0501. The smallest absolute Gasteiger partial charge is 0.239 e. The van der Waals surface area contributed by atoms with E-state index in [0.717, 1.165) is 23.0 Å². The lowest BCUT2D eigenvalue weighted by molar-refractivity contribution is -0.121. The fraction of sp³-hybridized carbons (Fsp3) is 0.400. The normalized spacial score (nSPS) is 11.2. The van der Waals surface area contributed by atoms with Crippen LogP contribution in [0.25, 0.3) is 10.9 Å². The Hall–Kier alpha value is -1.81. The maximum Gasteiger partial charge on any atom is 0.239 e. The number of hydrogen-bond acceptors (Lipinski definition) is 2. The van der Waals surface area contributed by atoms with Crippen molar-refractivity contribution in [2.75, 3.05) is 6.54 Å². The van der Waals surface area contributed by atoms with Gasteiger partial charge in [-0.05, 0) is 35.1 Å². The number of aromatic nitrogens is 1. The molecule has 1 aromatic carbocycles. The SMILES string of the molecule is CC(C)CNC(=O)Cn1ccc2cc(CN)ccc21.